The molecule has 0 bridgehead atoms. The molecule has 0 spiro atoms. The molecule has 0 saturated carbocycles. The Hall–Kier alpha value is -1.16. The van der Waals surface area contributed by atoms with Gasteiger partial charge in [-0.15, -0.1) is 11.3 Å². The van der Waals surface area contributed by atoms with Crippen molar-refractivity contribution >= 4 is 27.2 Å². The summed E-state index contributed by atoms with van der Waals surface area (Å²) in [7, 11) is -3.39. The van der Waals surface area contributed by atoms with Gasteiger partial charge in [-0.05, 0) is 17.9 Å². The van der Waals surface area contributed by atoms with Crippen LogP contribution in [0.2, 0.25) is 0 Å². The van der Waals surface area contributed by atoms with Crippen molar-refractivity contribution < 1.29 is 13.6 Å². The molecule has 0 radical (unpaired) electrons. The Balaban J connectivity index is 2.04. The normalized spacial score (nSPS) is 20.5. The van der Waals surface area contributed by atoms with E-state index < -0.39 is 10.0 Å². The van der Waals surface area contributed by atoms with Crippen LogP contribution < -0.4 is 5.73 Å². The van der Waals surface area contributed by atoms with E-state index in [1.807, 2.05) is 6.92 Å². The van der Waals surface area contributed by atoms with Gasteiger partial charge in [0, 0.05) is 26.2 Å². The van der Waals surface area contributed by atoms with Crippen LogP contribution in [0.1, 0.15) is 13.3 Å². The quantitative estimate of drug-likeness (QED) is 0.356. The second kappa shape index (κ2) is 6.73. The van der Waals surface area contributed by atoms with E-state index in [1.54, 1.807) is 17.5 Å². The minimum atomic E-state index is -3.39. The molecule has 21 heavy (non-hydrogen) atoms. The monoisotopic (exact) mass is 332 g/mol. The van der Waals surface area contributed by atoms with Crippen molar-refractivity contribution in [3.8, 4) is 0 Å². The van der Waals surface area contributed by atoms with E-state index in [1.165, 1.54) is 15.6 Å². The van der Waals surface area contributed by atoms with Gasteiger partial charge < -0.3 is 10.9 Å². The Kier molecular flexibility index (Phi) is 5.20. The lowest BCUT2D eigenvalue weighted by molar-refractivity contribution is 0.161. The molecule has 118 valence electrons. The number of thiophene rings is 1. The number of rotatable bonds is 5. The molecule has 1 aliphatic rings. The molecule has 1 atom stereocenters. The first-order valence-corrected chi connectivity index (χ1v) is 9.07. The molecule has 2 rings (SSSR count). The number of piperazine rings is 1. The van der Waals surface area contributed by atoms with Crippen LogP contribution >= 0.6 is 11.3 Å². The van der Waals surface area contributed by atoms with Crippen LogP contribution in [0.5, 0.6) is 0 Å². The molecule has 7 nitrogen and oxygen atoms in total. The molecule has 1 fully saturated rings. The first-order valence-electron chi connectivity index (χ1n) is 6.75. The van der Waals surface area contributed by atoms with E-state index >= 15 is 0 Å². The van der Waals surface area contributed by atoms with Gasteiger partial charge >= 0.3 is 0 Å². The third-order valence-electron chi connectivity index (χ3n) is 3.65. The number of hydrogen-bond donors (Lipinski definition) is 2. The number of amidine groups is 1. The highest BCUT2D eigenvalue weighted by Crippen LogP contribution is 2.22. The van der Waals surface area contributed by atoms with Crippen molar-refractivity contribution in [3.05, 3.63) is 17.5 Å². The van der Waals surface area contributed by atoms with Crippen molar-refractivity contribution in [2.24, 2.45) is 10.9 Å². The van der Waals surface area contributed by atoms with Crippen LogP contribution in [0.4, 0.5) is 0 Å². The Morgan fingerprint density at radius 1 is 1.48 bits per heavy atom. The zero-order valence-electron chi connectivity index (χ0n) is 11.8. The number of nitrogens with zero attached hydrogens (tertiary/aromatic N) is 3. The maximum absolute atomic E-state index is 12.4. The molecular weight excluding hydrogens is 312 g/mol. The van der Waals surface area contributed by atoms with Crippen LogP contribution in [0, 0.1) is 0 Å². The number of sulfonamides is 1. The third-order valence-corrected chi connectivity index (χ3v) is 6.92. The highest BCUT2D eigenvalue weighted by molar-refractivity contribution is 7.91. The van der Waals surface area contributed by atoms with Crippen LogP contribution in [-0.4, -0.2) is 60.9 Å². The minimum absolute atomic E-state index is 0.151. The van der Waals surface area contributed by atoms with Gasteiger partial charge in [-0.1, -0.05) is 18.1 Å². The first kappa shape index (κ1) is 16.2. The zero-order chi connectivity index (χ0) is 15.5. The molecule has 0 amide bonds. The fourth-order valence-electron chi connectivity index (χ4n) is 2.51. The van der Waals surface area contributed by atoms with Crippen molar-refractivity contribution in [3.63, 3.8) is 0 Å². The maximum Gasteiger partial charge on any atom is 0.252 e. The second-order valence-corrected chi connectivity index (χ2v) is 7.93. The molecule has 9 heteroatoms. The smallest absolute Gasteiger partial charge is 0.252 e. The van der Waals surface area contributed by atoms with Crippen LogP contribution in [0.15, 0.2) is 26.9 Å². The minimum Gasteiger partial charge on any atom is -0.409 e. The standard InChI is InChI=1S/C12H20N4O3S2/c1-2-10(12(13)14-17)15-5-7-16(8-6-15)21(18,19)11-4-3-9-20-11/h3-4,9-10,17H,2,5-8H2,1H3,(H2,13,14). The van der Waals surface area contributed by atoms with Gasteiger partial charge in [0.25, 0.3) is 10.0 Å². The molecule has 3 N–H and O–H groups in total. The molecule has 2 heterocycles. The molecule has 1 aliphatic heterocycles. The molecule has 1 aromatic heterocycles. The Bertz CT molecular complexity index is 578. The van der Waals surface area contributed by atoms with Gasteiger partial charge in [0.1, 0.15) is 4.21 Å². The number of nitrogens with two attached hydrogens (primary N) is 1. The van der Waals surface area contributed by atoms with Crippen molar-refractivity contribution in [1.29, 1.82) is 0 Å². The molecule has 1 aromatic rings. The summed E-state index contributed by atoms with van der Waals surface area (Å²) in [5.74, 6) is 0.173. The van der Waals surface area contributed by atoms with Gasteiger partial charge in [0.15, 0.2) is 5.84 Å². The van der Waals surface area contributed by atoms with Gasteiger partial charge in [-0.25, -0.2) is 8.42 Å². The molecule has 0 aromatic carbocycles. The number of hydrogen-bond acceptors (Lipinski definition) is 6. The summed E-state index contributed by atoms with van der Waals surface area (Å²) in [6.07, 6.45) is 0.716. The molecular formula is C12H20N4O3S2. The van der Waals surface area contributed by atoms with Gasteiger partial charge in [0.2, 0.25) is 0 Å². The predicted molar refractivity (Wildman–Crippen MR) is 82.1 cm³/mol. The summed E-state index contributed by atoms with van der Waals surface area (Å²) < 4.78 is 26.7. The van der Waals surface area contributed by atoms with Crippen molar-refractivity contribution in [2.45, 2.75) is 23.6 Å². The van der Waals surface area contributed by atoms with E-state index in [4.69, 9.17) is 10.9 Å². The van der Waals surface area contributed by atoms with Gasteiger partial charge in [-0.2, -0.15) is 4.31 Å². The lowest BCUT2D eigenvalue weighted by Gasteiger charge is -2.37. The van der Waals surface area contributed by atoms with Crippen LogP contribution in [-0.2, 0) is 10.0 Å². The molecule has 1 unspecified atom stereocenters. The Labute approximate surface area is 128 Å². The third kappa shape index (κ3) is 3.37. The van der Waals surface area contributed by atoms with E-state index in [2.05, 4.69) is 10.1 Å². The fourth-order valence-corrected chi connectivity index (χ4v) is 5.08. The van der Waals surface area contributed by atoms with Crippen LogP contribution in [0.3, 0.4) is 0 Å². The summed E-state index contributed by atoms with van der Waals surface area (Å²) in [5.41, 5.74) is 5.68. The SMILES string of the molecule is CCC(C(N)=NO)N1CCN(S(=O)(=O)c2cccs2)CC1. The highest BCUT2D eigenvalue weighted by atomic mass is 32.2. The lowest BCUT2D eigenvalue weighted by atomic mass is 10.1. The summed E-state index contributed by atoms with van der Waals surface area (Å²) in [6, 6.07) is 3.21. The highest BCUT2D eigenvalue weighted by Gasteiger charge is 2.32. The zero-order valence-corrected chi connectivity index (χ0v) is 13.5. The largest absolute Gasteiger partial charge is 0.409 e. The van der Waals surface area contributed by atoms with E-state index in [0.717, 1.165) is 0 Å². The summed E-state index contributed by atoms with van der Waals surface area (Å²) >= 11 is 1.23. The van der Waals surface area contributed by atoms with E-state index in [0.29, 0.717) is 36.8 Å². The maximum atomic E-state index is 12.4. The second-order valence-electron chi connectivity index (χ2n) is 4.82. The predicted octanol–water partition coefficient (Wildman–Crippen LogP) is 0.579. The Morgan fingerprint density at radius 2 is 2.14 bits per heavy atom. The summed E-state index contributed by atoms with van der Waals surface area (Å²) in [4.78, 5) is 2.05. The van der Waals surface area contributed by atoms with Gasteiger partial charge in [-0.3, -0.25) is 4.90 Å². The number of oxime groups is 1. The van der Waals surface area contributed by atoms with E-state index in [9.17, 15) is 8.42 Å². The topological polar surface area (TPSA) is 99.2 Å². The summed E-state index contributed by atoms with van der Waals surface area (Å²) in [6.45, 7) is 3.92. The van der Waals surface area contributed by atoms with Crippen LogP contribution in [0.25, 0.3) is 0 Å². The first-order chi connectivity index (χ1) is 10.0. The van der Waals surface area contributed by atoms with Crippen molar-refractivity contribution in [2.75, 3.05) is 26.2 Å². The lowest BCUT2D eigenvalue weighted by Crippen LogP contribution is -2.54. The molecule has 1 saturated heterocycles. The molecule has 0 aliphatic carbocycles. The summed E-state index contributed by atoms with van der Waals surface area (Å²) in [5, 5.41) is 13.6. The fraction of sp³-hybridized carbons (Fsp3) is 0.583. The van der Waals surface area contributed by atoms with Crippen molar-refractivity contribution in [1.82, 2.24) is 9.21 Å². The Morgan fingerprint density at radius 3 is 2.62 bits per heavy atom. The average molecular weight is 332 g/mol. The average Bonchev–Trinajstić information content (AvgIpc) is 3.03. The van der Waals surface area contributed by atoms with E-state index in [-0.39, 0.29) is 11.9 Å². The van der Waals surface area contributed by atoms with Gasteiger partial charge in [0.05, 0.1) is 6.04 Å².